The van der Waals surface area contributed by atoms with Gasteiger partial charge in [-0.25, -0.2) is 4.79 Å². The molecule has 3 rings (SSSR count). The normalized spacial score (nSPS) is 23.7. The SMILES string of the molecule is CCCN1C(=O)C(N)N=C(C2CC(C)(C)CCN2C(=O)OC(C)(C)C)c2ccccc21. The Hall–Kier alpha value is -2.41. The van der Waals surface area contributed by atoms with E-state index < -0.39 is 11.8 Å². The highest BCUT2D eigenvalue weighted by Gasteiger charge is 2.42. The maximum Gasteiger partial charge on any atom is 0.410 e. The second-order valence-electron chi connectivity index (χ2n) is 10.3. The lowest BCUT2D eigenvalue weighted by molar-refractivity contribution is -0.119. The molecule has 2 N–H and O–H groups in total. The number of aliphatic imine (C=N–C) groups is 1. The van der Waals surface area contributed by atoms with Gasteiger partial charge in [0, 0.05) is 18.7 Å². The number of rotatable bonds is 3. The number of amides is 2. The van der Waals surface area contributed by atoms with Crippen molar-refractivity contribution in [1.29, 1.82) is 0 Å². The van der Waals surface area contributed by atoms with Gasteiger partial charge in [0.2, 0.25) is 0 Å². The summed E-state index contributed by atoms with van der Waals surface area (Å²) in [6, 6.07) is 7.44. The van der Waals surface area contributed by atoms with E-state index in [0.29, 0.717) is 25.2 Å². The predicted molar refractivity (Wildman–Crippen MR) is 123 cm³/mol. The zero-order chi connectivity index (χ0) is 23.0. The van der Waals surface area contributed by atoms with E-state index in [9.17, 15) is 9.59 Å². The van der Waals surface area contributed by atoms with Crippen molar-refractivity contribution in [3.8, 4) is 0 Å². The Labute approximate surface area is 185 Å². The Kier molecular flexibility index (Phi) is 6.46. The summed E-state index contributed by atoms with van der Waals surface area (Å²) in [6.07, 6.45) is 1.03. The van der Waals surface area contributed by atoms with E-state index in [0.717, 1.165) is 24.1 Å². The van der Waals surface area contributed by atoms with Gasteiger partial charge >= 0.3 is 6.09 Å². The first-order valence-electron chi connectivity index (χ1n) is 11.2. The highest BCUT2D eigenvalue weighted by Crippen LogP contribution is 2.38. The minimum atomic E-state index is -1.00. The Balaban J connectivity index is 2.10. The maximum atomic E-state index is 13.1. The number of carbonyl (C=O) groups excluding carboxylic acids is 2. The molecule has 2 unspecified atom stereocenters. The molecule has 1 aromatic carbocycles. The number of benzene rings is 1. The Morgan fingerprint density at radius 3 is 2.61 bits per heavy atom. The van der Waals surface area contributed by atoms with Gasteiger partial charge < -0.3 is 15.4 Å². The average Bonchev–Trinajstić information content (AvgIpc) is 2.76. The Morgan fingerprint density at radius 1 is 1.29 bits per heavy atom. The highest BCUT2D eigenvalue weighted by molar-refractivity contribution is 6.15. The van der Waals surface area contributed by atoms with Crippen molar-refractivity contribution in [1.82, 2.24) is 4.90 Å². The summed E-state index contributed by atoms with van der Waals surface area (Å²) < 4.78 is 5.72. The molecule has 7 heteroatoms. The summed E-state index contributed by atoms with van der Waals surface area (Å²) in [5.74, 6) is -0.219. The summed E-state index contributed by atoms with van der Waals surface area (Å²) in [7, 11) is 0. The van der Waals surface area contributed by atoms with Gasteiger partial charge in [0.1, 0.15) is 5.60 Å². The van der Waals surface area contributed by atoms with Crippen molar-refractivity contribution in [2.45, 2.75) is 78.6 Å². The fourth-order valence-corrected chi connectivity index (χ4v) is 4.30. The van der Waals surface area contributed by atoms with Crippen LogP contribution in [0.1, 0.15) is 66.4 Å². The van der Waals surface area contributed by atoms with Gasteiger partial charge in [0.05, 0.1) is 17.4 Å². The Bertz CT molecular complexity index is 872. The van der Waals surface area contributed by atoms with Gasteiger partial charge in [-0.1, -0.05) is 39.0 Å². The molecule has 0 aromatic heterocycles. The smallest absolute Gasteiger partial charge is 0.410 e. The van der Waals surface area contributed by atoms with E-state index in [2.05, 4.69) is 13.8 Å². The quantitative estimate of drug-likeness (QED) is 0.790. The van der Waals surface area contributed by atoms with Crippen molar-refractivity contribution in [3.63, 3.8) is 0 Å². The summed E-state index contributed by atoms with van der Waals surface area (Å²) in [5.41, 5.74) is 8.02. The highest BCUT2D eigenvalue weighted by atomic mass is 16.6. The van der Waals surface area contributed by atoms with Gasteiger partial charge in [-0.3, -0.25) is 14.7 Å². The number of para-hydroxylation sites is 1. The van der Waals surface area contributed by atoms with Crippen LogP contribution in [-0.2, 0) is 9.53 Å². The van der Waals surface area contributed by atoms with Crippen molar-refractivity contribution in [2.24, 2.45) is 16.1 Å². The number of piperidine rings is 1. The first-order chi connectivity index (χ1) is 14.4. The molecule has 1 aromatic rings. The van der Waals surface area contributed by atoms with E-state index in [1.54, 1.807) is 9.80 Å². The van der Waals surface area contributed by atoms with E-state index in [-0.39, 0.29) is 23.5 Å². The van der Waals surface area contributed by atoms with Crippen LogP contribution >= 0.6 is 0 Å². The van der Waals surface area contributed by atoms with E-state index in [4.69, 9.17) is 15.5 Å². The lowest BCUT2D eigenvalue weighted by Gasteiger charge is -2.44. The number of anilines is 1. The average molecular weight is 429 g/mol. The minimum Gasteiger partial charge on any atom is -0.444 e. The van der Waals surface area contributed by atoms with Gasteiger partial charge in [-0.2, -0.15) is 0 Å². The fraction of sp³-hybridized carbons (Fsp3) is 0.625. The van der Waals surface area contributed by atoms with Crippen LogP contribution in [0.5, 0.6) is 0 Å². The third kappa shape index (κ3) is 5.09. The second-order valence-corrected chi connectivity index (χ2v) is 10.3. The topological polar surface area (TPSA) is 88.2 Å². The van der Waals surface area contributed by atoms with Crippen LogP contribution in [0.25, 0.3) is 0 Å². The van der Waals surface area contributed by atoms with E-state index >= 15 is 0 Å². The van der Waals surface area contributed by atoms with E-state index in [1.807, 2.05) is 52.0 Å². The zero-order valence-electron chi connectivity index (χ0n) is 19.6. The number of nitrogens with two attached hydrogens (primary N) is 1. The number of hydrogen-bond donors (Lipinski definition) is 1. The zero-order valence-corrected chi connectivity index (χ0v) is 19.6. The number of hydrogen-bond acceptors (Lipinski definition) is 5. The number of likely N-dealkylation sites (tertiary alicyclic amines) is 1. The molecule has 2 aliphatic heterocycles. The third-order valence-electron chi connectivity index (χ3n) is 5.81. The molecule has 2 atom stereocenters. The van der Waals surface area contributed by atoms with Crippen molar-refractivity contribution >= 4 is 23.4 Å². The molecule has 0 spiro atoms. The largest absolute Gasteiger partial charge is 0.444 e. The molecule has 2 aliphatic rings. The molecule has 0 aliphatic carbocycles. The molecule has 1 fully saturated rings. The van der Waals surface area contributed by atoms with Gasteiger partial charge in [0.15, 0.2) is 6.17 Å². The standard InChI is InChI=1S/C24H36N4O3/c1-7-13-27-17-11-9-8-10-16(17)19(26-20(25)21(27)29)18-15-24(5,6)12-14-28(18)22(30)31-23(2,3)4/h8-11,18,20H,7,12-15,25H2,1-6H3. The molecule has 1 saturated heterocycles. The first-order valence-corrected chi connectivity index (χ1v) is 11.2. The summed E-state index contributed by atoms with van der Waals surface area (Å²) >= 11 is 0. The molecule has 2 amide bonds. The van der Waals surface area contributed by atoms with Crippen LogP contribution in [0.4, 0.5) is 10.5 Å². The lowest BCUT2D eigenvalue weighted by atomic mass is 9.76. The van der Waals surface area contributed by atoms with Crippen molar-refractivity contribution in [2.75, 3.05) is 18.0 Å². The summed E-state index contributed by atoms with van der Waals surface area (Å²) in [5, 5.41) is 0. The minimum absolute atomic E-state index is 0.0180. The molecule has 0 saturated carbocycles. The number of carbonyl (C=O) groups is 2. The van der Waals surface area contributed by atoms with Gasteiger partial charge in [-0.05, 0) is 51.5 Å². The summed E-state index contributed by atoms with van der Waals surface area (Å²) in [6.45, 7) is 13.2. The third-order valence-corrected chi connectivity index (χ3v) is 5.81. The molecule has 0 radical (unpaired) electrons. The van der Waals surface area contributed by atoms with Crippen LogP contribution < -0.4 is 10.6 Å². The van der Waals surface area contributed by atoms with Gasteiger partial charge in [0.25, 0.3) is 5.91 Å². The van der Waals surface area contributed by atoms with Crippen LogP contribution in [0, 0.1) is 5.41 Å². The molecule has 7 nitrogen and oxygen atoms in total. The number of fused-ring (bicyclic) bond motifs is 1. The van der Waals surface area contributed by atoms with Crippen LogP contribution in [0.3, 0.4) is 0 Å². The predicted octanol–water partition coefficient (Wildman–Crippen LogP) is 3.94. The lowest BCUT2D eigenvalue weighted by Crippen LogP contribution is -2.53. The van der Waals surface area contributed by atoms with Crippen LogP contribution in [-0.4, -0.2) is 53.5 Å². The number of ether oxygens (including phenoxy) is 1. The molecule has 170 valence electrons. The summed E-state index contributed by atoms with van der Waals surface area (Å²) in [4.78, 5) is 34.4. The van der Waals surface area contributed by atoms with Gasteiger partial charge in [-0.15, -0.1) is 0 Å². The first kappa shape index (κ1) is 23.3. The maximum absolute atomic E-state index is 13.1. The second kappa shape index (κ2) is 8.61. The van der Waals surface area contributed by atoms with Crippen LogP contribution in [0.15, 0.2) is 29.3 Å². The van der Waals surface area contributed by atoms with Crippen molar-refractivity contribution in [3.05, 3.63) is 29.8 Å². The molecular formula is C24H36N4O3. The molecular weight excluding hydrogens is 392 g/mol. The number of benzodiazepines with no additional fused rings is 1. The fourth-order valence-electron chi connectivity index (χ4n) is 4.30. The molecule has 0 bridgehead atoms. The monoisotopic (exact) mass is 428 g/mol. The van der Waals surface area contributed by atoms with E-state index in [1.165, 1.54) is 0 Å². The van der Waals surface area contributed by atoms with Crippen LogP contribution in [0.2, 0.25) is 0 Å². The Morgan fingerprint density at radius 2 is 1.97 bits per heavy atom. The number of nitrogens with zero attached hydrogens (tertiary/aromatic N) is 3. The molecule has 31 heavy (non-hydrogen) atoms. The van der Waals surface area contributed by atoms with Crippen molar-refractivity contribution < 1.29 is 14.3 Å². The molecule has 2 heterocycles.